The smallest absolute Gasteiger partial charge is 0.355 e. The zero-order valence-electron chi connectivity index (χ0n) is 11.2. The quantitative estimate of drug-likeness (QED) is 0.759. The van der Waals surface area contributed by atoms with Crippen LogP contribution in [0.25, 0.3) is 0 Å². The van der Waals surface area contributed by atoms with Gasteiger partial charge in [-0.15, -0.1) is 11.3 Å². The van der Waals surface area contributed by atoms with Gasteiger partial charge in [0.2, 0.25) is 0 Å². The molecule has 0 saturated heterocycles. The zero-order valence-corrected chi connectivity index (χ0v) is 12.0. The maximum absolute atomic E-state index is 10.9. The first-order valence-electron chi connectivity index (χ1n) is 6.25. The fourth-order valence-electron chi connectivity index (χ4n) is 1.74. The van der Waals surface area contributed by atoms with Gasteiger partial charge in [-0.3, -0.25) is 0 Å². The predicted molar refractivity (Wildman–Crippen MR) is 74.7 cm³/mol. The van der Waals surface area contributed by atoms with Crippen molar-refractivity contribution >= 4 is 22.4 Å². The number of carboxylic acid groups (broad SMARTS) is 1. The molecule has 1 aromatic rings. The molecule has 2 N–H and O–H groups in total. The Balaban J connectivity index is 2.44. The maximum Gasteiger partial charge on any atom is 0.355 e. The molecule has 0 amide bonds. The highest BCUT2D eigenvalue weighted by molar-refractivity contribution is 7.15. The van der Waals surface area contributed by atoms with E-state index in [-0.39, 0.29) is 5.69 Å². The predicted octanol–water partition coefficient (Wildman–Crippen LogP) is 2.29. The van der Waals surface area contributed by atoms with Crippen LogP contribution in [-0.4, -0.2) is 47.1 Å². The largest absolute Gasteiger partial charge is 0.476 e. The molecule has 0 saturated carbocycles. The molecule has 1 aromatic heterocycles. The molecule has 5 nitrogen and oxygen atoms in total. The average Bonchev–Trinajstić information content (AvgIpc) is 2.69. The second-order valence-electron chi connectivity index (χ2n) is 4.09. The number of aryl methyl sites for hydroxylation is 1. The van der Waals surface area contributed by atoms with Crippen LogP contribution in [0, 0.1) is 6.92 Å². The number of rotatable bonds is 8. The van der Waals surface area contributed by atoms with E-state index in [1.54, 1.807) is 6.92 Å². The molecule has 1 rings (SSSR count). The lowest BCUT2D eigenvalue weighted by Crippen LogP contribution is -2.29. The lowest BCUT2D eigenvalue weighted by Gasteiger charge is -2.19. The molecule has 0 aliphatic carbocycles. The molecule has 102 valence electrons. The third-order valence-corrected chi connectivity index (χ3v) is 3.62. The standard InChI is InChI=1S/C12H21N3O2S/c1-4-7-15(5-2)8-6-13-12-14-10(11(16)17)9(3)18-12/h4-8H2,1-3H3,(H,13,14)(H,16,17). The van der Waals surface area contributed by atoms with Crippen LogP contribution in [0.1, 0.15) is 35.6 Å². The molecule has 18 heavy (non-hydrogen) atoms. The summed E-state index contributed by atoms with van der Waals surface area (Å²) >= 11 is 1.39. The lowest BCUT2D eigenvalue weighted by molar-refractivity contribution is 0.0690. The minimum Gasteiger partial charge on any atom is -0.476 e. The number of likely N-dealkylation sites (N-methyl/N-ethyl adjacent to an activating group) is 1. The Morgan fingerprint density at radius 2 is 2.17 bits per heavy atom. The van der Waals surface area contributed by atoms with E-state index in [1.807, 2.05) is 0 Å². The fourth-order valence-corrected chi connectivity index (χ4v) is 2.57. The van der Waals surface area contributed by atoms with Gasteiger partial charge in [0, 0.05) is 18.0 Å². The summed E-state index contributed by atoms with van der Waals surface area (Å²) in [5.74, 6) is -0.960. The van der Waals surface area contributed by atoms with E-state index >= 15 is 0 Å². The highest BCUT2D eigenvalue weighted by Crippen LogP contribution is 2.21. The van der Waals surface area contributed by atoms with E-state index < -0.39 is 5.97 Å². The number of carboxylic acids is 1. The molecule has 0 spiro atoms. The fraction of sp³-hybridized carbons (Fsp3) is 0.667. The Morgan fingerprint density at radius 1 is 1.44 bits per heavy atom. The van der Waals surface area contributed by atoms with Crippen molar-refractivity contribution in [3.05, 3.63) is 10.6 Å². The first-order valence-corrected chi connectivity index (χ1v) is 7.07. The Hall–Kier alpha value is -1.14. The first-order chi connectivity index (χ1) is 8.58. The van der Waals surface area contributed by atoms with Gasteiger partial charge in [0.25, 0.3) is 0 Å². The van der Waals surface area contributed by atoms with Gasteiger partial charge in [-0.05, 0) is 26.4 Å². The minimum absolute atomic E-state index is 0.156. The molecule has 0 atom stereocenters. The number of aromatic nitrogens is 1. The number of nitrogens with one attached hydrogen (secondary N) is 1. The summed E-state index contributed by atoms with van der Waals surface area (Å²) in [5, 5.41) is 12.8. The SMILES string of the molecule is CCCN(CC)CCNc1nc(C(=O)O)c(C)s1. The number of hydrogen-bond donors (Lipinski definition) is 2. The van der Waals surface area contributed by atoms with Gasteiger partial charge < -0.3 is 15.3 Å². The van der Waals surface area contributed by atoms with Crippen molar-refractivity contribution in [3.63, 3.8) is 0 Å². The van der Waals surface area contributed by atoms with Crippen LogP contribution in [0.2, 0.25) is 0 Å². The van der Waals surface area contributed by atoms with E-state index in [0.29, 0.717) is 5.13 Å². The van der Waals surface area contributed by atoms with Gasteiger partial charge >= 0.3 is 5.97 Å². The molecule has 0 bridgehead atoms. The van der Waals surface area contributed by atoms with Gasteiger partial charge in [0.05, 0.1) is 0 Å². The van der Waals surface area contributed by atoms with Gasteiger partial charge in [0.1, 0.15) is 0 Å². The van der Waals surface area contributed by atoms with Crippen molar-refractivity contribution in [1.82, 2.24) is 9.88 Å². The van der Waals surface area contributed by atoms with E-state index in [2.05, 4.69) is 29.0 Å². The van der Waals surface area contributed by atoms with Crippen molar-refractivity contribution in [2.45, 2.75) is 27.2 Å². The van der Waals surface area contributed by atoms with Crippen LogP contribution >= 0.6 is 11.3 Å². The van der Waals surface area contributed by atoms with Crippen molar-refractivity contribution < 1.29 is 9.90 Å². The van der Waals surface area contributed by atoms with Crippen molar-refractivity contribution in [2.24, 2.45) is 0 Å². The number of nitrogens with zero attached hydrogens (tertiary/aromatic N) is 2. The van der Waals surface area contributed by atoms with Crippen LogP contribution in [0.15, 0.2) is 0 Å². The van der Waals surface area contributed by atoms with E-state index in [1.165, 1.54) is 11.3 Å². The monoisotopic (exact) mass is 271 g/mol. The summed E-state index contributed by atoms with van der Waals surface area (Å²) in [4.78, 5) is 18.0. The third-order valence-electron chi connectivity index (χ3n) is 2.69. The Morgan fingerprint density at radius 3 is 2.67 bits per heavy atom. The van der Waals surface area contributed by atoms with Gasteiger partial charge in [-0.2, -0.15) is 0 Å². The van der Waals surface area contributed by atoms with E-state index in [9.17, 15) is 4.79 Å². The summed E-state index contributed by atoms with van der Waals surface area (Å²) in [6, 6.07) is 0. The van der Waals surface area contributed by atoms with Crippen LogP contribution in [-0.2, 0) is 0 Å². The molecular weight excluding hydrogens is 250 g/mol. The zero-order chi connectivity index (χ0) is 13.5. The summed E-state index contributed by atoms with van der Waals surface area (Å²) in [7, 11) is 0. The number of carbonyl (C=O) groups is 1. The molecule has 1 heterocycles. The lowest BCUT2D eigenvalue weighted by atomic mass is 10.4. The van der Waals surface area contributed by atoms with Gasteiger partial charge in [-0.25, -0.2) is 9.78 Å². The summed E-state index contributed by atoms with van der Waals surface area (Å²) in [6.45, 7) is 9.96. The van der Waals surface area contributed by atoms with E-state index in [4.69, 9.17) is 5.11 Å². The van der Waals surface area contributed by atoms with Crippen LogP contribution < -0.4 is 5.32 Å². The molecule has 0 unspecified atom stereocenters. The maximum atomic E-state index is 10.9. The normalized spacial score (nSPS) is 10.9. The number of hydrogen-bond acceptors (Lipinski definition) is 5. The summed E-state index contributed by atoms with van der Waals surface area (Å²) in [6.07, 6.45) is 1.15. The van der Waals surface area contributed by atoms with Crippen LogP contribution in [0.4, 0.5) is 5.13 Å². The number of aromatic carboxylic acids is 1. The molecule has 6 heteroatoms. The van der Waals surface area contributed by atoms with Crippen LogP contribution in [0.5, 0.6) is 0 Å². The second-order valence-corrected chi connectivity index (χ2v) is 5.29. The van der Waals surface area contributed by atoms with Gasteiger partial charge in [0.15, 0.2) is 10.8 Å². The van der Waals surface area contributed by atoms with Crippen molar-refractivity contribution in [2.75, 3.05) is 31.5 Å². The molecule has 0 aromatic carbocycles. The highest BCUT2D eigenvalue weighted by Gasteiger charge is 2.13. The molecular formula is C12H21N3O2S. The molecule has 0 radical (unpaired) electrons. The number of thiazole rings is 1. The first kappa shape index (κ1) is 14.9. The Labute approximate surface area is 112 Å². The summed E-state index contributed by atoms with van der Waals surface area (Å²) in [5.41, 5.74) is 0.156. The van der Waals surface area contributed by atoms with Gasteiger partial charge in [-0.1, -0.05) is 13.8 Å². The second kappa shape index (κ2) is 7.33. The topological polar surface area (TPSA) is 65.5 Å². The van der Waals surface area contributed by atoms with Crippen LogP contribution in [0.3, 0.4) is 0 Å². The van der Waals surface area contributed by atoms with Crippen molar-refractivity contribution in [3.8, 4) is 0 Å². The van der Waals surface area contributed by atoms with E-state index in [0.717, 1.165) is 37.5 Å². The minimum atomic E-state index is -0.960. The third kappa shape index (κ3) is 4.27. The summed E-state index contributed by atoms with van der Waals surface area (Å²) < 4.78 is 0. The van der Waals surface area contributed by atoms with Crippen molar-refractivity contribution in [1.29, 1.82) is 0 Å². The average molecular weight is 271 g/mol. The molecule has 0 aliphatic rings. The highest BCUT2D eigenvalue weighted by atomic mass is 32.1. The number of anilines is 1. The Bertz CT molecular complexity index is 393. The molecule has 0 aliphatic heterocycles. The molecule has 0 fully saturated rings. The Kier molecular flexibility index (Phi) is 6.07.